The molecule has 0 radical (unpaired) electrons. The van der Waals surface area contributed by atoms with Gasteiger partial charge in [0.15, 0.2) is 20.3 Å². The van der Waals surface area contributed by atoms with Crippen molar-refractivity contribution in [3.05, 3.63) is 0 Å². The summed E-state index contributed by atoms with van der Waals surface area (Å²) in [6.45, 7) is 1.92. The summed E-state index contributed by atoms with van der Waals surface area (Å²) in [5, 5.41) is 6.12. The molecule has 0 aromatic heterocycles. The van der Waals surface area contributed by atoms with E-state index in [1.54, 1.807) is 0 Å². The Morgan fingerprint density at radius 2 is 1.58 bits per heavy atom. The molecule has 1 aliphatic rings. The van der Waals surface area contributed by atoms with Crippen LogP contribution in [0, 0.1) is 11.8 Å². The molecule has 0 heterocycles. The van der Waals surface area contributed by atoms with Crippen molar-refractivity contribution in [3.63, 3.8) is 0 Å². The van der Waals surface area contributed by atoms with Crippen LogP contribution in [0.1, 0.15) is 32.6 Å². The monoisotopic (exact) mass is 332 g/mol. The zero-order chi connectivity index (χ0) is 13.5. The molecule has 19 heavy (non-hydrogen) atoms. The summed E-state index contributed by atoms with van der Waals surface area (Å²) >= 11 is 0. The predicted molar refractivity (Wildman–Crippen MR) is 55.7 cm³/mol. The Morgan fingerprint density at radius 3 is 1.84 bits per heavy atom. The molecule has 1 aliphatic carbocycles. The first-order valence-corrected chi connectivity index (χ1v) is 8.43. The zero-order valence-corrected chi connectivity index (χ0v) is 17.1. The standard InChI is InChI=1S/C8H18O7P2.2Na/c1-6-2-3-7(4-6)5-8(9,16(10,11)12)17(13,14)15;;/h6-7,9H,2-5H2,1H3,(H2,10,11,12)(H2,13,14,15);;/q;2*+1/p-2/t6-,7+;;/m0../s1. The first kappa shape index (κ1) is 23.5. The van der Waals surface area contributed by atoms with Crippen LogP contribution in [0.2, 0.25) is 0 Å². The molecule has 1 saturated carbocycles. The third-order valence-corrected chi connectivity index (χ3v) is 6.96. The molecule has 0 saturated heterocycles. The fourth-order valence-electron chi connectivity index (χ4n) is 2.29. The molecule has 4 atom stereocenters. The molecule has 0 aliphatic heterocycles. The van der Waals surface area contributed by atoms with Crippen LogP contribution in [0.5, 0.6) is 0 Å². The summed E-state index contributed by atoms with van der Waals surface area (Å²) in [7, 11) is -11.2. The maximum atomic E-state index is 11.0. The van der Waals surface area contributed by atoms with Gasteiger partial charge >= 0.3 is 59.1 Å². The molecule has 1 rings (SSSR count). The summed E-state index contributed by atoms with van der Waals surface area (Å²) in [4.78, 5) is 39.6. The van der Waals surface area contributed by atoms with Gasteiger partial charge in [-0.05, 0) is 24.7 Å². The molecule has 11 heteroatoms. The van der Waals surface area contributed by atoms with E-state index in [4.69, 9.17) is 9.79 Å². The van der Waals surface area contributed by atoms with E-state index in [2.05, 4.69) is 0 Å². The smallest absolute Gasteiger partial charge is 0.776 e. The van der Waals surface area contributed by atoms with Crippen molar-refractivity contribution < 1.29 is 92.9 Å². The van der Waals surface area contributed by atoms with E-state index in [1.165, 1.54) is 0 Å². The van der Waals surface area contributed by atoms with E-state index >= 15 is 0 Å². The van der Waals surface area contributed by atoms with Gasteiger partial charge in [-0.25, -0.2) is 0 Å². The summed E-state index contributed by atoms with van der Waals surface area (Å²) in [5.74, 6) is -0.0439. The fourth-order valence-corrected chi connectivity index (χ4v) is 4.54. The number of aliphatic hydroxyl groups is 1. The molecule has 7 nitrogen and oxygen atoms in total. The van der Waals surface area contributed by atoms with Gasteiger partial charge in [-0.15, -0.1) is 0 Å². The average molecular weight is 332 g/mol. The van der Waals surface area contributed by atoms with Crippen molar-refractivity contribution in [2.24, 2.45) is 11.8 Å². The molecule has 0 amide bonds. The second-order valence-electron chi connectivity index (χ2n) is 4.80. The molecule has 2 unspecified atom stereocenters. The predicted octanol–water partition coefficient (Wildman–Crippen LogP) is -6.44. The van der Waals surface area contributed by atoms with E-state index in [9.17, 15) is 24.0 Å². The normalized spacial score (nSPS) is 32.1. The number of hydrogen-bond acceptors (Lipinski definition) is 5. The van der Waals surface area contributed by atoms with Crippen molar-refractivity contribution in [1.29, 1.82) is 0 Å². The van der Waals surface area contributed by atoms with Crippen molar-refractivity contribution in [2.75, 3.05) is 0 Å². The molecule has 102 valence electrons. The van der Waals surface area contributed by atoms with Gasteiger partial charge < -0.3 is 33.8 Å². The fraction of sp³-hybridized carbons (Fsp3) is 1.00. The summed E-state index contributed by atoms with van der Waals surface area (Å²) < 4.78 is 21.9. The van der Waals surface area contributed by atoms with Crippen molar-refractivity contribution >= 4 is 15.2 Å². The summed E-state index contributed by atoms with van der Waals surface area (Å²) in [6, 6.07) is 0. The summed E-state index contributed by atoms with van der Waals surface area (Å²) in [5.41, 5.74) is 0. The number of rotatable bonds is 4. The third kappa shape index (κ3) is 5.76. The van der Waals surface area contributed by atoms with E-state index < -0.39 is 26.7 Å². The first-order valence-electron chi connectivity index (χ1n) is 5.27. The van der Waals surface area contributed by atoms with Gasteiger partial charge in [0.1, 0.15) is 0 Å². The molecule has 0 spiro atoms. The van der Waals surface area contributed by atoms with Crippen molar-refractivity contribution in [1.82, 2.24) is 0 Å². The van der Waals surface area contributed by atoms with Crippen LogP contribution in [-0.2, 0) is 9.13 Å². The summed E-state index contributed by atoms with van der Waals surface area (Å²) in [6.07, 6.45) is 1.22. The Hall–Kier alpha value is 2.26. The van der Waals surface area contributed by atoms with E-state index in [1.807, 2.05) is 6.92 Å². The SMILES string of the molecule is C[C@H]1CC[C@@H](CC(O)(P(=O)([O-])O)P(=O)([O-])O)C1.[Na+].[Na+]. The minimum atomic E-state index is -5.60. The quantitative estimate of drug-likeness (QED) is 0.343. The second kappa shape index (κ2) is 8.21. The van der Waals surface area contributed by atoms with Gasteiger partial charge in [-0.1, -0.05) is 19.8 Å². The minimum absolute atomic E-state index is 0. The van der Waals surface area contributed by atoms with E-state index in [-0.39, 0.29) is 65.0 Å². The Balaban J connectivity index is 0. The second-order valence-corrected chi connectivity index (χ2v) is 8.72. The van der Waals surface area contributed by atoms with Crippen LogP contribution < -0.4 is 68.9 Å². The van der Waals surface area contributed by atoms with Crippen LogP contribution in [0.15, 0.2) is 0 Å². The molecule has 3 N–H and O–H groups in total. The van der Waals surface area contributed by atoms with Gasteiger partial charge in [-0.2, -0.15) is 0 Å². The molecule has 0 aromatic carbocycles. The molecular weight excluding hydrogens is 316 g/mol. The van der Waals surface area contributed by atoms with Crippen LogP contribution in [0.4, 0.5) is 0 Å². The Kier molecular flexibility index (Phi) is 10.2. The molecule has 1 fully saturated rings. The van der Waals surface area contributed by atoms with Gasteiger partial charge in [0.2, 0.25) is 0 Å². The van der Waals surface area contributed by atoms with Gasteiger partial charge in [0.05, 0.1) is 0 Å². The maximum Gasteiger partial charge on any atom is 1.00 e. The van der Waals surface area contributed by atoms with E-state index in [0.717, 1.165) is 6.42 Å². The van der Waals surface area contributed by atoms with Gasteiger partial charge in [0, 0.05) is 0 Å². The Bertz CT molecular complexity index is 357. The zero-order valence-electron chi connectivity index (χ0n) is 11.4. The topological polar surface area (TPSA) is 141 Å². The minimum Gasteiger partial charge on any atom is -0.776 e. The molecule has 0 aromatic rings. The van der Waals surface area contributed by atoms with E-state index in [0.29, 0.717) is 18.8 Å². The maximum absolute atomic E-state index is 11.0. The van der Waals surface area contributed by atoms with Crippen LogP contribution in [0.25, 0.3) is 0 Å². The number of hydrogen-bond donors (Lipinski definition) is 3. The molecule has 0 bridgehead atoms. The van der Waals surface area contributed by atoms with Crippen LogP contribution in [-0.4, -0.2) is 20.0 Å². The van der Waals surface area contributed by atoms with Gasteiger partial charge in [-0.3, -0.25) is 0 Å². The van der Waals surface area contributed by atoms with Gasteiger partial charge in [0.25, 0.3) is 0 Å². The molecular formula is C8H16Na2O7P2. The Labute approximate surface area is 156 Å². The third-order valence-electron chi connectivity index (χ3n) is 3.27. The van der Waals surface area contributed by atoms with Crippen molar-refractivity contribution in [3.8, 4) is 0 Å². The van der Waals surface area contributed by atoms with Crippen molar-refractivity contribution in [2.45, 2.75) is 37.7 Å². The van der Waals surface area contributed by atoms with Crippen LogP contribution in [0.3, 0.4) is 0 Å². The van der Waals surface area contributed by atoms with Crippen LogP contribution >= 0.6 is 15.2 Å². The largest absolute Gasteiger partial charge is 1.00 e. The Morgan fingerprint density at radius 1 is 1.16 bits per heavy atom. The first-order chi connectivity index (χ1) is 7.47. The average Bonchev–Trinajstić information content (AvgIpc) is 2.47.